The number of aliphatic hydroxyl groups is 1. The maximum Gasteiger partial charge on any atom is 0.147 e. The predicted molar refractivity (Wildman–Crippen MR) is 84.9 cm³/mol. The van der Waals surface area contributed by atoms with Crippen LogP contribution in [0.1, 0.15) is 32.6 Å². The van der Waals surface area contributed by atoms with Crippen LogP contribution in [0.25, 0.3) is 0 Å². The number of anilines is 2. The highest BCUT2D eigenvalue weighted by Gasteiger charge is 2.34. The van der Waals surface area contributed by atoms with Crippen LogP contribution in [0.2, 0.25) is 10.0 Å². The van der Waals surface area contributed by atoms with Crippen LogP contribution in [0, 0.1) is 5.92 Å². The van der Waals surface area contributed by atoms with Gasteiger partial charge in [0.25, 0.3) is 0 Å². The minimum absolute atomic E-state index is 0.0786. The van der Waals surface area contributed by atoms with E-state index in [9.17, 15) is 5.11 Å². The Morgan fingerprint density at radius 1 is 1.30 bits per heavy atom. The standard InChI is InChI=1S/C14H21Cl2N3O/c1-9-3-5-14(8-20,6-4-9)19-13-11(16)7-10(15)12(17-2)18-13/h7,9,20H,3-6,8H2,1-2H3,(H2,17,18,19). The highest BCUT2D eigenvalue weighted by Crippen LogP contribution is 2.37. The predicted octanol–water partition coefficient (Wildman–Crippen LogP) is 3.78. The normalized spacial score (nSPS) is 26.4. The Morgan fingerprint density at radius 3 is 2.45 bits per heavy atom. The first-order valence-corrected chi connectivity index (χ1v) is 7.68. The molecule has 0 atom stereocenters. The van der Waals surface area contributed by atoms with E-state index in [0.29, 0.717) is 27.6 Å². The van der Waals surface area contributed by atoms with Crippen molar-refractivity contribution in [1.29, 1.82) is 0 Å². The Hall–Kier alpha value is -0.710. The van der Waals surface area contributed by atoms with E-state index in [1.54, 1.807) is 13.1 Å². The summed E-state index contributed by atoms with van der Waals surface area (Å²) < 4.78 is 0. The summed E-state index contributed by atoms with van der Waals surface area (Å²) in [4.78, 5) is 4.40. The van der Waals surface area contributed by atoms with Gasteiger partial charge in [-0.15, -0.1) is 0 Å². The number of nitrogens with zero attached hydrogens (tertiary/aromatic N) is 1. The lowest BCUT2D eigenvalue weighted by molar-refractivity contribution is 0.155. The van der Waals surface area contributed by atoms with Crippen molar-refractivity contribution in [2.75, 3.05) is 24.3 Å². The van der Waals surface area contributed by atoms with Crippen LogP contribution in [0.4, 0.5) is 11.6 Å². The SMILES string of the molecule is CNc1nc(NC2(CO)CCC(C)CC2)c(Cl)cc1Cl. The quantitative estimate of drug-likeness (QED) is 0.791. The number of aromatic nitrogens is 1. The highest BCUT2D eigenvalue weighted by molar-refractivity contribution is 6.37. The zero-order valence-corrected chi connectivity index (χ0v) is 13.4. The third kappa shape index (κ3) is 3.30. The minimum Gasteiger partial charge on any atom is -0.394 e. The van der Waals surface area contributed by atoms with Crippen molar-refractivity contribution in [2.45, 2.75) is 38.1 Å². The fourth-order valence-corrected chi connectivity index (χ4v) is 3.12. The van der Waals surface area contributed by atoms with Crippen LogP contribution < -0.4 is 10.6 Å². The summed E-state index contributed by atoms with van der Waals surface area (Å²) in [6.07, 6.45) is 4.02. The van der Waals surface area contributed by atoms with Gasteiger partial charge >= 0.3 is 0 Å². The Labute approximate surface area is 129 Å². The zero-order valence-electron chi connectivity index (χ0n) is 11.8. The molecule has 1 saturated carbocycles. The van der Waals surface area contributed by atoms with E-state index < -0.39 is 0 Å². The Balaban J connectivity index is 2.23. The molecule has 3 N–H and O–H groups in total. The van der Waals surface area contributed by atoms with Crippen molar-refractivity contribution in [2.24, 2.45) is 5.92 Å². The molecule has 6 heteroatoms. The molecule has 0 spiro atoms. The number of nitrogens with one attached hydrogen (secondary N) is 2. The molecule has 0 amide bonds. The number of halogens is 2. The fraction of sp³-hybridized carbons (Fsp3) is 0.643. The average molecular weight is 318 g/mol. The van der Waals surface area contributed by atoms with Crippen LogP contribution in [0.15, 0.2) is 6.07 Å². The van der Waals surface area contributed by atoms with Gasteiger partial charge in [-0.2, -0.15) is 0 Å². The Morgan fingerprint density at radius 2 is 1.90 bits per heavy atom. The molecule has 1 aromatic heterocycles. The van der Waals surface area contributed by atoms with Crippen molar-refractivity contribution in [3.63, 3.8) is 0 Å². The third-order valence-electron chi connectivity index (χ3n) is 4.08. The van der Waals surface area contributed by atoms with E-state index >= 15 is 0 Å². The molecule has 1 fully saturated rings. The third-order valence-corrected chi connectivity index (χ3v) is 4.66. The van der Waals surface area contributed by atoms with E-state index in [4.69, 9.17) is 23.2 Å². The van der Waals surface area contributed by atoms with E-state index in [0.717, 1.165) is 25.7 Å². The van der Waals surface area contributed by atoms with Gasteiger partial charge in [-0.25, -0.2) is 4.98 Å². The molecule has 0 saturated heterocycles. The van der Waals surface area contributed by atoms with Gasteiger partial charge in [-0.05, 0) is 37.7 Å². The average Bonchev–Trinajstić information content (AvgIpc) is 2.44. The zero-order chi connectivity index (χ0) is 14.8. The summed E-state index contributed by atoms with van der Waals surface area (Å²) in [5, 5.41) is 17.0. The lowest BCUT2D eigenvalue weighted by atomic mass is 9.77. The molecule has 20 heavy (non-hydrogen) atoms. The second-order valence-electron chi connectivity index (χ2n) is 5.65. The molecule has 4 nitrogen and oxygen atoms in total. The summed E-state index contributed by atoms with van der Waals surface area (Å²) >= 11 is 12.3. The molecule has 1 aliphatic rings. The first-order chi connectivity index (χ1) is 9.49. The molecule has 0 aliphatic heterocycles. The summed E-state index contributed by atoms with van der Waals surface area (Å²) in [7, 11) is 1.76. The molecule has 1 heterocycles. The molecular formula is C14H21Cl2N3O. The number of pyridine rings is 1. The Bertz CT molecular complexity index is 474. The first-order valence-electron chi connectivity index (χ1n) is 6.92. The topological polar surface area (TPSA) is 57.2 Å². The fourth-order valence-electron chi connectivity index (χ4n) is 2.62. The van der Waals surface area contributed by atoms with E-state index in [-0.39, 0.29) is 12.1 Å². The van der Waals surface area contributed by atoms with Crippen molar-refractivity contribution in [3.05, 3.63) is 16.1 Å². The molecular weight excluding hydrogens is 297 g/mol. The number of rotatable bonds is 4. The van der Waals surface area contributed by atoms with Gasteiger partial charge in [0.05, 0.1) is 22.2 Å². The monoisotopic (exact) mass is 317 g/mol. The van der Waals surface area contributed by atoms with Crippen molar-refractivity contribution in [1.82, 2.24) is 4.98 Å². The van der Waals surface area contributed by atoms with Gasteiger partial charge < -0.3 is 15.7 Å². The summed E-state index contributed by atoms with van der Waals surface area (Å²) in [6, 6.07) is 1.67. The van der Waals surface area contributed by atoms with Gasteiger partial charge in [0.15, 0.2) is 0 Å². The molecule has 0 radical (unpaired) electrons. The van der Waals surface area contributed by atoms with Crippen molar-refractivity contribution < 1.29 is 5.11 Å². The molecule has 0 bridgehead atoms. The lowest BCUT2D eigenvalue weighted by Gasteiger charge is -2.39. The number of hydrogen-bond acceptors (Lipinski definition) is 4. The van der Waals surface area contributed by atoms with Crippen LogP contribution in [0.5, 0.6) is 0 Å². The van der Waals surface area contributed by atoms with Gasteiger partial charge in [-0.1, -0.05) is 30.1 Å². The first kappa shape index (κ1) is 15.7. The van der Waals surface area contributed by atoms with Crippen LogP contribution >= 0.6 is 23.2 Å². The second kappa shape index (κ2) is 6.37. The van der Waals surface area contributed by atoms with Crippen molar-refractivity contribution >= 4 is 34.8 Å². The van der Waals surface area contributed by atoms with E-state index in [2.05, 4.69) is 22.5 Å². The van der Waals surface area contributed by atoms with Gasteiger partial charge in [0.1, 0.15) is 11.6 Å². The largest absolute Gasteiger partial charge is 0.394 e. The summed E-state index contributed by atoms with van der Waals surface area (Å²) in [5.74, 6) is 1.86. The maximum atomic E-state index is 9.79. The van der Waals surface area contributed by atoms with Crippen LogP contribution in [-0.4, -0.2) is 29.3 Å². The number of hydrogen-bond donors (Lipinski definition) is 3. The molecule has 112 valence electrons. The van der Waals surface area contributed by atoms with Crippen molar-refractivity contribution in [3.8, 4) is 0 Å². The van der Waals surface area contributed by atoms with E-state index in [1.807, 2.05) is 0 Å². The smallest absolute Gasteiger partial charge is 0.147 e. The van der Waals surface area contributed by atoms with Gasteiger partial charge in [-0.3, -0.25) is 0 Å². The van der Waals surface area contributed by atoms with Gasteiger partial charge in [0.2, 0.25) is 0 Å². The Kier molecular flexibility index (Phi) is 4.99. The van der Waals surface area contributed by atoms with Crippen LogP contribution in [0.3, 0.4) is 0 Å². The molecule has 0 unspecified atom stereocenters. The maximum absolute atomic E-state index is 9.79. The molecule has 0 aromatic carbocycles. The molecule has 1 aliphatic carbocycles. The second-order valence-corrected chi connectivity index (χ2v) is 6.46. The summed E-state index contributed by atoms with van der Waals surface area (Å²) in [5.41, 5.74) is -0.331. The lowest BCUT2D eigenvalue weighted by Crippen LogP contribution is -2.45. The molecule has 1 aromatic rings. The highest BCUT2D eigenvalue weighted by atomic mass is 35.5. The van der Waals surface area contributed by atoms with Gasteiger partial charge in [0, 0.05) is 7.05 Å². The summed E-state index contributed by atoms with van der Waals surface area (Å²) in [6.45, 7) is 2.32. The van der Waals surface area contributed by atoms with Crippen LogP contribution in [-0.2, 0) is 0 Å². The van der Waals surface area contributed by atoms with E-state index in [1.165, 1.54) is 0 Å². The minimum atomic E-state index is -0.331. The molecule has 2 rings (SSSR count). The number of aliphatic hydroxyl groups excluding tert-OH is 1.